The molecule has 0 unspecified atom stereocenters. The Balaban J connectivity index is 3.16. The molecule has 0 saturated carbocycles. The second-order valence-corrected chi connectivity index (χ2v) is 4.03. The zero-order valence-electron chi connectivity index (χ0n) is 10.3. The highest BCUT2D eigenvalue weighted by Crippen LogP contribution is 2.34. The molecule has 1 aromatic carbocycles. The zero-order valence-corrected chi connectivity index (χ0v) is 11.1. The summed E-state index contributed by atoms with van der Waals surface area (Å²) in [6.07, 6.45) is -3.35. The van der Waals surface area contributed by atoms with E-state index in [0.717, 1.165) is 18.3 Å². The van der Waals surface area contributed by atoms with Gasteiger partial charge in [0.25, 0.3) is 0 Å². The first kappa shape index (κ1) is 15.8. The van der Waals surface area contributed by atoms with Crippen molar-refractivity contribution in [3.63, 3.8) is 0 Å². The van der Waals surface area contributed by atoms with Crippen molar-refractivity contribution in [1.29, 1.82) is 5.26 Å². The van der Waals surface area contributed by atoms with E-state index >= 15 is 0 Å². The molecule has 106 valence electrons. The van der Waals surface area contributed by atoms with Gasteiger partial charge in [0.05, 0.1) is 18.4 Å². The number of hydrogen-bond acceptors (Lipinski definition) is 4. The second-order valence-electron chi connectivity index (χ2n) is 3.59. The van der Waals surface area contributed by atoms with Gasteiger partial charge in [0.1, 0.15) is 22.4 Å². The molecular formula is C12H10F3N3OS. The number of nitrogens with two attached hydrogens (primary N) is 1. The normalized spacial score (nSPS) is 11.7. The van der Waals surface area contributed by atoms with E-state index in [1.54, 1.807) is 6.07 Å². The van der Waals surface area contributed by atoms with Crippen LogP contribution in [0.3, 0.4) is 0 Å². The standard InChI is InChI=1S/C12H10F3N3OS/c1-19-10-3-2-8(12(13,14)15)4-9(10)18-6-7(5-16)11(17)20/h2-4,6,18H,1H3,(H2,17,20)/b7-6-. The molecule has 0 aliphatic heterocycles. The van der Waals surface area contributed by atoms with Crippen molar-refractivity contribution in [3.8, 4) is 11.8 Å². The third kappa shape index (κ3) is 3.86. The predicted molar refractivity (Wildman–Crippen MR) is 72.1 cm³/mol. The van der Waals surface area contributed by atoms with Gasteiger partial charge in [-0.3, -0.25) is 0 Å². The van der Waals surface area contributed by atoms with Gasteiger partial charge >= 0.3 is 6.18 Å². The Kier molecular flexibility index (Phi) is 4.94. The van der Waals surface area contributed by atoms with E-state index in [-0.39, 0.29) is 22.0 Å². The number of nitriles is 1. The van der Waals surface area contributed by atoms with Gasteiger partial charge in [-0.2, -0.15) is 18.4 Å². The van der Waals surface area contributed by atoms with Crippen LogP contribution in [-0.4, -0.2) is 12.1 Å². The molecule has 0 aliphatic carbocycles. The highest BCUT2D eigenvalue weighted by Gasteiger charge is 2.31. The van der Waals surface area contributed by atoms with Gasteiger partial charge in [-0.15, -0.1) is 0 Å². The minimum absolute atomic E-state index is 0.0475. The van der Waals surface area contributed by atoms with E-state index in [1.807, 2.05) is 0 Å². The van der Waals surface area contributed by atoms with Gasteiger partial charge in [-0.1, -0.05) is 12.2 Å². The molecular weight excluding hydrogens is 291 g/mol. The number of benzene rings is 1. The van der Waals surface area contributed by atoms with Crippen molar-refractivity contribution in [2.75, 3.05) is 12.4 Å². The highest BCUT2D eigenvalue weighted by atomic mass is 32.1. The van der Waals surface area contributed by atoms with Crippen LogP contribution in [0.15, 0.2) is 30.0 Å². The fourth-order valence-corrected chi connectivity index (χ4v) is 1.41. The summed E-state index contributed by atoms with van der Waals surface area (Å²) in [5.74, 6) is 0.189. The highest BCUT2D eigenvalue weighted by molar-refractivity contribution is 7.80. The van der Waals surface area contributed by atoms with Crippen LogP contribution in [0.2, 0.25) is 0 Å². The second kappa shape index (κ2) is 6.25. The number of halogens is 3. The maximum atomic E-state index is 12.6. The Labute approximate surface area is 118 Å². The van der Waals surface area contributed by atoms with Crippen molar-refractivity contribution in [2.45, 2.75) is 6.18 Å². The van der Waals surface area contributed by atoms with Crippen molar-refractivity contribution in [3.05, 3.63) is 35.5 Å². The van der Waals surface area contributed by atoms with E-state index in [1.165, 1.54) is 13.2 Å². The Morgan fingerprint density at radius 3 is 2.60 bits per heavy atom. The Morgan fingerprint density at radius 2 is 2.15 bits per heavy atom. The first-order valence-electron chi connectivity index (χ1n) is 5.21. The monoisotopic (exact) mass is 301 g/mol. The molecule has 0 aromatic heterocycles. The third-order valence-corrected chi connectivity index (χ3v) is 2.50. The summed E-state index contributed by atoms with van der Waals surface area (Å²) in [5.41, 5.74) is 4.42. The minimum Gasteiger partial charge on any atom is -0.495 e. The average Bonchev–Trinajstić information content (AvgIpc) is 2.37. The maximum Gasteiger partial charge on any atom is 0.416 e. The van der Waals surface area contributed by atoms with Crippen molar-refractivity contribution in [2.24, 2.45) is 5.73 Å². The van der Waals surface area contributed by atoms with Crippen LogP contribution in [0.4, 0.5) is 18.9 Å². The van der Waals surface area contributed by atoms with Gasteiger partial charge < -0.3 is 15.8 Å². The van der Waals surface area contributed by atoms with Gasteiger partial charge in [-0.25, -0.2) is 0 Å². The number of hydrogen-bond donors (Lipinski definition) is 2. The fourth-order valence-electron chi connectivity index (χ4n) is 1.31. The number of anilines is 1. The molecule has 0 saturated heterocycles. The first-order chi connectivity index (χ1) is 9.29. The van der Waals surface area contributed by atoms with Crippen molar-refractivity contribution >= 4 is 22.9 Å². The lowest BCUT2D eigenvalue weighted by Gasteiger charge is -2.12. The molecule has 8 heteroatoms. The van der Waals surface area contributed by atoms with Crippen LogP contribution in [0.25, 0.3) is 0 Å². The number of methoxy groups -OCH3 is 1. The van der Waals surface area contributed by atoms with E-state index < -0.39 is 11.7 Å². The molecule has 0 fully saturated rings. The molecule has 1 rings (SSSR count). The molecule has 1 aromatic rings. The molecule has 0 spiro atoms. The summed E-state index contributed by atoms with van der Waals surface area (Å²) < 4.78 is 42.8. The topological polar surface area (TPSA) is 71.1 Å². The molecule has 0 atom stereocenters. The maximum absolute atomic E-state index is 12.6. The van der Waals surface area contributed by atoms with Gasteiger partial charge in [0.15, 0.2) is 0 Å². The van der Waals surface area contributed by atoms with Gasteiger partial charge in [0.2, 0.25) is 0 Å². The smallest absolute Gasteiger partial charge is 0.416 e. The molecule has 0 bridgehead atoms. The Morgan fingerprint density at radius 1 is 1.50 bits per heavy atom. The molecule has 0 aliphatic rings. The van der Waals surface area contributed by atoms with E-state index in [0.29, 0.717) is 0 Å². The lowest BCUT2D eigenvalue weighted by Crippen LogP contribution is -2.11. The van der Waals surface area contributed by atoms with Gasteiger partial charge in [0, 0.05) is 6.20 Å². The number of nitrogens with zero attached hydrogens (tertiary/aromatic N) is 1. The van der Waals surface area contributed by atoms with E-state index in [4.69, 9.17) is 15.7 Å². The summed E-state index contributed by atoms with van der Waals surface area (Å²) in [4.78, 5) is -0.161. The quantitative estimate of drug-likeness (QED) is 0.508. The van der Waals surface area contributed by atoms with E-state index in [9.17, 15) is 13.2 Å². The molecule has 4 nitrogen and oxygen atoms in total. The van der Waals surface area contributed by atoms with Crippen molar-refractivity contribution in [1.82, 2.24) is 0 Å². The number of rotatable bonds is 4. The van der Waals surface area contributed by atoms with Crippen LogP contribution in [0.1, 0.15) is 5.56 Å². The van der Waals surface area contributed by atoms with Crippen LogP contribution < -0.4 is 15.8 Å². The third-order valence-electron chi connectivity index (χ3n) is 2.28. The number of nitrogens with one attached hydrogen (secondary N) is 1. The van der Waals surface area contributed by atoms with Crippen LogP contribution in [0.5, 0.6) is 5.75 Å². The summed E-state index contributed by atoms with van der Waals surface area (Å²) in [5, 5.41) is 11.3. The van der Waals surface area contributed by atoms with E-state index in [2.05, 4.69) is 17.5 Å². The lowest BCUT2D eigenvalue weighted by atomic mass is 10.1. The predicted octanol–water partition coefficient (Wildman–Crippen LogP) is 2.82. The lowest BCUT2D eigenvalue weighted by molar-refractivity contribution is -0.137. The molecule has 3 N–H and O–H groups in total. The van der Waals surface area contributed by atoms with Crippen LogP contribution in [0, 0.1) is 11.3 Å². The molecule has 0 heterocycles. The first-order valence-corrected chi connectivity index (χ1v) is 5.62. The summed E-state index contributed by atoms with van der Waals surface area (Å²) in [7, 11) is 1.32. The number of ether oxygens (including phenoxy) is 1. The molecule has 20 heavy (non-hydrogen) atoms. The fraction of sp³-hybridized carbons (Fsp3) is 0.167. The largest absolute Gasteiger partial charge is 0.495 e. The number of alkyl halides is 3. The summed E-state index contributed by atoms with van der Waals surface area (Å²) in [6, 6.07) is 4.66. The molecule has 0 amide bonds. The van der Waals surface area contributed by atoms with Gasteiger partial charge in [-0.05, 0) is 18.2 Å². The Hall–Kier alpha value is -2.27. The van der Waals surface area contributed by atoms with Crippen molar-refractivity contribution < 1.29 is 17.9 Å². The average molecular weight is 301 g/mol. The number of thiocarbonyl (C=S) groups is 1. The van der Waals surface area contributed by atoms with Crippen LogP contribution >= 0.6 is 12.2 Å². The Bertz CT molecular complexity index is 591. The SMILES string of the molecule is COc1ccc(C(F)(F)F)cc1N/C=C(/C#N)C(N)=S. The summed E-state index contributed by atoms with van der Waals surface area (Å²) in [6.45, 7) is 0. The molecule has 0 radical (unpaired) electrons. The van der Waals surface area contributed by atoms with Crippen LogP contribution in [-0.2, 0) is 6.18 Å². The minimum atomic E-state index is -4.48. The zero-order chi connectivity index (χ0) is 15.3. The summed E-state index contributed by atoms with van der Waals surface area (Å²) >= 11 is 4.61.